The molecule has 0 bridgehead atoms. The molecule has 3 aromatic rings. The molecule has 0 spiro atoms. The number of amides is 1. The lowest BCUT2D eigenvalue weighted by Gasteiger charge is -2.14. The van der Waals surface area contributed by atoms with Gasteiger partial charge in [-0.15, -0.1) is 0 Å². The van der Waals surface area contributed by atoms with Crippen molar-refractivity contribution in [3.63, 3.8) is 0 Å². The molecule has 3 rings (SSSR count). The van der Waals surface area contributed by atoms with Crippen LogP contribution in [-0.4, -0.2) is 30.1 Å². The van der Waals surface area contributed by atoms with E-state index in [9.17, 15) is 9.59 Å². The maximum Gasteiger partial charge on any atom is 0.338 e. The first-order valence-corrected chi connectivity index (χ1v) is 9.09. The van der Waals surface area contributed by atoms with E-state index in [0.717, 1.165) is 33.5 Å². The first-order chi connectivity index (χ1) is 13.4. The molecule has 0 radical (unpaired) electrons. The molecule has 1 atom stereocenters. The number of nitrogens with one attached hydrogen (secondary N) is 2. The summed E-state index contributed by atoms with van der Waals surface area (Å²) in [5.41, 5.74) is 4.47. The van der Waals surface area contributed by atoms with E-state index in [1.807, 2.05) is 44.2 Å². The summed E-state index contributed by atoms with van der Waals surface area (Å²) in [5.74, 6) is -0.117. The Morgan fingerprint density at radius 2 is 1.82 bits per heavy atom. The quantitative estimate of drug-likeness (QED) is 0.640. The Morgan fingerprint density at radius 3 is 2.50 bits per heavy atom. The van der Waals surface area contributed by atoms with Crippen molar-refractivity contribution in [3.8, 4) is 5.75 Å². The molecule has 1 amide bonds. The van der Waals surface area contributed by atoms with Gasteiger partial charge >= 0.3 is 5.97 Å². The smallest absolute Gasteiger partial charge is 0.338 e. The Labute approximate surface area is 163 Å². The number of aromatic amines is 1. The minimum absolute atomic E-state index is 0.346. The highest BCUT2D eigenvalue weighted by molar-refractivity contribution is 5.97. The summed E-state index contributed by atoms with van der Waals surface area (Å²) in [6.07, 6.45) is -0.893. The van der Waals surface area contributed by atoms with Crippen molar-refractivity contribution < 1.29 is 19.1 Å². The number of hydrogen-bond acceptors (Lipinski definition) is 4. The van der Waals surface area contributed by atoms with Crippen LogP contribution in [0.25, 0.3) is 10.9 Å². The molecule has 1 unspecified atom stereocenters. The second-order valence-electron chi connectivity index (χ2n) is 6.75. The Hall–Kier alpha value is -3.28. The van der Waals surface area contributed by atoms with Crippen molar-refractivity contribution in [2.24, 2.45) is 0 Å². The van der Waals surface area contributed by atoms with Gasteiger partial charge in [-0.1, -0.05) is 12.1 Å². The molecule has 146 valence electrons. The zero-order valence-corrected chi connectivity index (χ0v) is 16.5. The molecular weight excluding hydrogens is 356 g/mol. The zero-order valence-electron chi connectivity index (χ0n) is 16.5. The molecule has 1 heterocycles. The maximum absolute atomic E-state index is 12.4. The number of rotatable bonds is 6. The number of carbonyl (C=O) groups is 2. The van der Waals surface area contributed by atoms with Gasteiger partial charge in [0.15, 0.2) is 6.10 Å². The summed E-state index contributed by atoms with van der Waals surface area (Å²) in [4.78, 5) is 28.0. The van der Waals surface area contributed by atoms with Crippen molar-refractivity contribution in [2.45, 2.75) is 33.4 Å². The lowest BCUT2D eigenvalue weighted by molar-refractivity contribution is -0.129. The number of fused-ring (bicyclic) bond motifs is 1. The third-order valence-electron chi connectivity index (χ3n) is 4.82. The van der Waals surface area contributed by atoms with E-state index in [2.05, 4.69) is 10.3 Å². The van der Waals surface area contributed by atoms with Crippen LogP contribution < -0.4 is 10.1 Å². The van der Waals surface area contributed by atoms with E-state index in [4.69, 9.17) is 9.47 Å². The van der Waals surface area contributed by atoms with Crippen LogP contribution in [0.2, 0.25) is 0 Å². The number of benzene rings is 2. The minimum atomic E-state index is -0.893. The first kappa shape index (κ1) is 19.5. The molecular formula is C22H24N2O4. The van der Waals surface area contributed by atoms with Gasteiger partial charge in [0.05, 0.1) is 12.7 Å². The van der Waals surface area contributed by atoms with Gasteiger partial charge in [0, 0.05) is 23.1 Å². The largest absolute Gasteiger partial charge is 0.497 e. The average Bonchev–Trinajstić information content (AvgIpc) is 2.99. The van der Waals surface area contributed by atoms with Crippen molar-refractivity contribution in [1.29, 1.82) is 0 Å². The van der Waals surface area contributed by atoms with E-state index < -0.39 is 12.1 Å². The molecule has 2 N–H and O–H groups in total. The predicted octanol–water partition coefficient (Wildman–Crippen LogP) is 3.66. The number of aromatic nitrogens is 1. The van der Waals surface area contributed by atoms with E-state index in [1.54, 1.807) is 26.2 Å². The van der Waals surface area contributed by atoms with Gasteiger partial charge in [0.25, 0.3) is 5.91 Å². The van der Waals surface area contributed by atoms with E-state index in [0.29, 0.717) is 12.1 Å². The highest BCUT2D eigenvalue weighted by atomic mass is 16.5. The van der Waals surface area contributed by atoms with Gasteiger partial charge in [-0.2, -0.15) is 0 Å². The summed E-state index contributed by atoms with van der Waals surface area (Å²) in [6.45, 7) is 5.89. The molecule has 0 saturated carbocycles. The Bertz CT molecular complexity index is 1010. The first-order valence-electron chi connectivity index (χ1n) is 9.09. The second kappa shape index (κ2) is 8.17. The van der Waals surface area contributed by atoms with Gasteiger partial charge in [-0.25, -0.2) is 4.79 Å². The fraction of sp³-hybridized carbons (Fsp3) is 0.273. The molecule has 0 fully saturated rings. The zero-order chi connectivity index (χ0) is 20.3. The number of H-pyrrole nitrogens is 1. The minimum Gasteiger partial charge on any atom is -0.497 e. The molecule has 0 aliphatic rings. The molecule has 0 aliphatic carbocycles. The fourth-order valence-electron chi connectivity index (χ4n) is 2.95. The lowest BCUT2D eigenvalue weighted by Crippen LogP contribution is -2.35. The average molecular weight is 380 g/mol. The Balaban J connectivity index is 1.59. The van der Waals surface area contributed by atoms with Crippen LogP contribution in [0.3, 0.4) is 0 Å². The van der Waals surface area contributed by atoms with Crippen LogP contribution >= 0.6 is 0 Å². The molecule has 0 aliphatic heterocycles. The van der Waals surface area contributed by atoms with Gasteiger partial charge in [-0.05, 0) is 62.2 Å². The van der Waals surface area contributed by atoms with Gasteiger partial charge < -0.3 is 19.8 Å². The number of hydrogen-bond donors (Lipinski definition) is 2. The number of aryl methyl sites for hydroxylation is 2. The van der Waals surface area contributed by atoms with Crippen LogP contribution in [0.4, 0.5) is 0 Å². The summed E-state index contributed by atoms with van der Waals surface area (Å²) < 4.78 is 10.4. The number of ether oxygens (including phenoxy) is 2. The molecule has 6 heteroatoms. The molecule has 6 nitrogen and oxygen atoms in total. The SMILES string of the molecule is COc1ccc(CNC(=O)C(C)OC(=O)c2ccc3[nH]c(C)c(C)c3c2)cc1. The molecule has 0 saturated heterocycles. The molecule has 28 heavy (non-hydrogen) atoms. The lowest BCUT2D eigenvalue weighted by atomic mass is 10.1. The third kappa shape index (κ3) is 4.17. The number of carbonyl (C=O) groups excluding carboxylic acids is 2. The fourth-order valence-corrected chi connectivity index (χ4v) is 2.95. The molecule has 2 aromatic carbocycles. The summed E-state index contributed by atoms with van der Waals surface area (Å²) in [5, 5.41) is 3.75. The molecule has 1 aromatic heterocycles. The summed E-state index contributed by atoms with van der Waals surface area (Å²) >= 11 is 0. The van der Waals surface area contributed by atoms with Crippen LogP contribution in [0.1, 0.15) is 34.1 Å². The number of methoxy groups -OCH3 is 1. The summed E-state index contributed by atoms with van der Waals surface area (Å²) in [7, 11) is 1.60. The van der Waals surface area contributed by atoms with E-state index in [1.165, 1.54) is 0 Å². The Kier molecular flexibility index (Phi) is 5.68. The van der Waals surface area contributed by atoms with E-state index in [-0.39, 0.29) is 5.91 Å². The van der Waals surface area contributed by atoms with Gasteiger partial charge in [0.2, 0.25) is 0 Å². The highest BCUT2D eigenvalue weighted by Crippen LogP contribution is 2.23. The van der Waals surface area contributed by atoms with Gasteiger partial charge in [0.1, 0.15) is 5.75 Å². The van der Waals surface area contributed by atoms with Crippen molar-refractivity contribution in [1.82, 2.24) is 10.3 Å². The van der Waals surface area contributed by atoms with Crippen LogP contribution in [0.5, 0.6) is 5.75 Å². The standard InChI is InChI=1S/C22H24N2O4/c1-13-14(2)24-20-10-7-17(11-19(13)20)22(26)28-15(3)21(25)23-12-16-5-8-18(27-4)9-6-16/h5-11,15,24H,12H2,1-4H3,(H,23,25). The monoisotopic (exact) mass is 380 g/mol. The second-order valence-corrected chi connectivity index (χ2v) is 6.75. The summed E-state index contributed by atoms with van der Waals surface area (Å²) in [6, 6.07) is 12.7. The third-order valence-corrected chi connectivity index (χ3v) is 4.82. The highest BCUT2D eigenvalue weighted by Gasteiger charge is 2.19. The van der Waals surface area contributed by atoms with Crippen molar-refractivity contribution in [3.05, 3.63) is 64.8 Å². The van der Waals surface area contributed by atoms with Crippen LogP contribution in [0, 0.1) is 13.8 Å². The Morgan fingerprint density at radius 1 is 1.11 bits per heavy atom. The van der Waals surface area contributed by atoms with Crippen molar-refractivity contribution >= 4 is 22.8 Å². The maximum atomic E-state index is 12.4. The van der Waals surface area contributed by atoms with E-state index >= 15 is 0 Å². The predicted molar refractivity (Wildman–Crippen MR) is 107 cm³/mol. The van der Waals surface area contributed by atoms with Gasteiger partial charge in [-0.3, -0.25) is 4.79 Å². The normalized spacial score (nSPS) is 11.9. The van der Waals surface area contributed by atoms with Crippen molar-refractivity contribution in [2.75, 3.05) is 7.11 Å². The van der Waals surface area contributed by atoms with Crippen LogP contribution in [0.15, 0.2) is 42.5 Å². The number of esters is 1. The topological polar surface area (TPSA) is 80.4 Å². The van der Waals surface area contributed by atoms with Crippen LogP contribution in [-0.2, 0) is 16.1 Å².